The van der Waals surface area contributed by atoms with Gasteiger partial charge in [-0.3, -0.25) is 4.79 Å². The molecule has 2 N–H and O–H groups in total. The lowest BCUT2D eigenvalue weighted by Gasteiger charge is -2.21. The number of allylic oxidation sites excluding steroid dienone is 2. The molecule has 1 aliphatic rings. The molecule has 5 nitrogen and oxygen atoms in total. The first-order valence-corrected chi connectivity index (χ1v) is 6.50. The fourth-order valence-corrected chi connectivity index (χ4v) is 2.29. The first kappa shape index (κ1) is 14.1. The Labute approximate surface area is 118 Å². The van der Waals surface area contributed by atoms with Gasteiger partial charge in [-0.2, -0.15) is 0 Å². The Balaban J connectivity index is 2.51. The summed E-state index contributed by atoms with van der Waals surface area (Å²) in [4.78, 5) is 14.4. The second-order valence-corrected chi connectivity index (χ2v) is 4.90. The van der Waals surface area contributed by atoms with Crippen LogP contribution < -0.4 is 5.32 Å². The average Bonchev–Trinajstić information content (AvgIpc) is 2.91. The topological polar surface area (TPSA) is 69.3 Å². The van der Waals surface area contributed by atoms with E-state index >= 15 is 0 Å². The maximum absolute atomic E-state index is 12.6. The van der Waals surface area contributed by atoms with E-state index in [2.05, 4.69) is 5.32 Å². The Hall–Kier alpha value is -2.30. The molecular weight excluding hydrogens is 254 g/mol. The van der Waals surface area contributed by atoms with Crippen molar-refractivity contribution < 1.29 is 9.21 Å². The number of rotatable bonds is 3. The van der Waals surface area contributed by atoms with Gasteiger partial charge < -0.3 is 20.0 Å². The molecule has 0 atom stereocenters. The number of carbonyl (C=O) groups excluding carboxylic acids is 1. The van der Waals surface area contributed by atoms with Crippen LogP contribution in [0.4, 0.5) is 0 Å². The van der Waals surface area contributed by atoms with Gasteiger partial charge in [-0.05, 0) is 25.0 Å². The Morgan fingerprint density at radius 1 is 1.45 bits per heavy atom. The molecule has 0 aliphatic heterocycles. The molecule has 20 heavy (non-hydrogen) atoms. The molecule has 0 amide bonds. The van der Waals surface area contributed by atoms with E-state index in [1.165, 1.54) is 0 Å². The van der Waals surface area contributed by atoms with Gasteiger partial charge in [0.1, 0.15) is 0 Å². The number of nitrogens with one attached hydrogen (secondary N) is 2. The fourth-order valence-electron chi connectivity index (χ4n) is 2.29. The predicted octanol–water partition coefficient (Wildman–Crippen LogP) is 2.04. The molecular formula is C15H19N3O2. The number of ketones is 1. The number of nitrogens with zero attached hydrogens (tertiary/aromatic N) is 1. The molecule has 106 valence electrons. The van der Waals surface area contributed by atoms with Crippen LogP contribution in [-0.4, -0.2) is 37.5 Å². The zero-order chi connectivity index (χ0) is 14.7. The molecule has 0 aromatic carbocycles. The predicted molar refractivity (Wildman–Crippen MR) is 78.4 cm³/mol. The van der Waals surface area contributed by atoms with Gasteiger partial charge in [0.25, 0.3) is 0 Å². The highest BCUT2D eigenvalue weighted by molar-refractivity contribution is 6.32. The third-order valence-electron chi connectivity index (χ3n) is 3.15. The summed E-state index contributed by atoms with van der Waals surface area (Å²) in [5, 5.41) is 11.1. The summed E-state index contributed by atoms with van der Waals surface area (Å²) < 4.78 is 5.35. The summed E-state index contributed by atoms with van der Waals surface area (Å²) in [6.45, 7) is 0. The zero-order valence-corrected chi connectivity index (χ0v) is 12.0. The number of hydrogen-bond donors (Lipinski definition) is 2. The van der Waals surface area contributed by atoms with Crippen LogP contribution in [0.15, 0.2) is 40.2 Å². The molecule has 2 rings (SSSR count). The van der Waals surface area contributed by atoms with E-state index in [1.807, 2.05) is 25.2 Å². The van der Waals surface area contributed by atoms with Crippen molar-refractivity contribution in [3.05, 3.63) is 41.5 Å². The van der Waals surface area contributed by atoms with Gasteiger partial charge >= 0.3 is 0 Å². The summed E-state index contributed by atoms with van der Waals surface area (Å²) in [7, 11) is 5.50. The van der Waals surface area contributed by atoms with Crippen molar-refractivity contribution in [3.8, 4) is 0 Å². The Kier molecular flexibility index (Phi) is 4.08. The minimum absolute atomic E-state index is 0.101. The fraction of sp³-hybridized carbons (Fsp3) is 0.333. The number of carbonyl (C=O) groups is 1. The van der Waals surface area contributed by atoms with E-state index in [1.54, 1.807) is 25.4 Å². The summed E-state index contributed by atoms with van der Waals surface area (Å²) in [6.07, 6.45) is 4.55. The number of furan rings is 1. The highest BCUT2D eigenvalue weighted by Crippen LogP contribution is 2.28. The second kappa shape index (κ2) is 5.77. The molecule has 1 heterocycles. The van der Waals surface area contributed by atoms with E-state index in [9.17, 15) is 4.79 Å². The van der Waals surface area contributed by atoms with Crippen LogP contribution in [0.5, 0.6) is 0 Å². The molecule has 0 bridgehead atoms. The lowest BCUT2D eigenvalue weighted by atomic mass is 9.86. The average molecular weight is 273 g/mol. The normalized spacial score (nSPS) is 20.2. The highest BCUT2D eigenvalue weighted by Gasteiger charge is 2.29. The molecule has 1 aromatic heterocycles. The molecule has 0 radical (unpaired) electrons. The third kappa shape index (κ3) is 2.66. The quantitative estimate of drug-likeness (QED) is 0.827. The third-order valence-corrected chi connectivity index (χ3v) is 3.15. The molecule has 1 fully saturated rings. The standard InChI is InChI=1S/C15H19N3O2/c1-17-14(12-5-4-8-20-12)13-11(16)7-6-10(15(13)19)9-18(2)3/h4-5,8-9,16-17H,6-7H2,1-3H3/b10-9+,14-13+,16-11?. The van der Waals surface area contributed by atoms with Crippen molar-refractivity contribution in [1.29, 1.82) is 5.41 Å². The lowest BCUT2D eigenvalue weighted by molar-refractivity contribution is -0.112. The van der Waals surface area contributed by atoms with Crippen LogP contribution >= 0.6 is 0 Å². The molecule has 5 heteroatoms. The molecule has 0 unspecified atom stereocenters. The highest BCUT2D eigenvalue weighted by atomic mass is 16.3. The Bertz CT molecular complexity index is 580. The van der Waals surface area contributed by atoms with Gasteiger partial charge in [0.15, 0.2) is 11.5 Å². The van der Waals surface area contributed by atoms with E-state index < -0.39 is 0 Å². The van der Waals surface area contributed by atoms with Gasteiger partial charge in [0.05, 0.1) is 17.5 Å². The Morgan fingerprint density at radius 3 is 2.75 bits per heavy atom. The van der Waals surface area contributed by atoms with Gasteiger partial charge in [0.2, 0.25) is 0 Å². The monoisotopic (exact) mass is 273 g/mol. The van der Waals surface area contributed by atoms with Crippen molar-refractivity contribution in [3.63, 3.8) is 0 Å². The van der Waals surface area contributed by atoms with Crippen molar-refractivity contribution in [2.45, 2.75) is 12.8 Å². The largest absolute Gasteiger partial charge is 0.463 e. The van der Waals surface area contributed by atoms with Crippen molar-refractivity contribution in [1.82, 2.24) is 10.2 Å². The first-order chi connectivity index (χ1) is 9.54. The van der Waals surface area contributed by atoms with Crippen LogP contribution in [0.2, 0.25) is 0 Å². The lowest BCUT2D eigenvalue weighted by Crippen LogP contribution is -2.26. The number of Topliss-reactive ketones (excluding diaryl/α,β-unsaturated/α-hetero) is 1. The van der Waals surface area contributed by atoms with Crippen LogP contribution in [0.25, 0.3) is 5.70 Å². The SMILES string of the molecule is CN/C(=C1\C(=N)CC/C(=C\N(C)C)C1=O)c1ccco1. The van der Waals surface area contributed by atoms with E-state index in [0.29, 0.717) is 35.6 Å². The smallest absolute Gasteiger partial charge is 0.194 e. The maximum Gasteiger partial charge on any atom is 0.194 e. The Morgan fingerprint density at radius 2 is 2.20 bits per heavy atom. The van der Waals surface area contributed by atoms with Crippen LogP contribution in [0.3, 0.4) is 0 Å². The van der Waals surface area contributed by atoms with Gasteiger partial charge in [0, 0.05) is 38.6 Å². The molecule has 1 aliphatic carbocycles. The molecule has 1 aromatic rings. The molecule has 0 saturated heterocycles. The van der Waals surface area contributed by atoms with E-state index in [-0.39, 0.29) is 5.78 Å². The zero-order valence-electron chi connectivity index (χ0n) is 12.0. The molecule has 1 saturated carbocycles. The van der Waals surface area contributed by atoms with Crippen LogP contribution in [0, 0.1) is 5.41 Å². The second-order valence-electron chi connectivity index (χ2n) is 4.90. The van der Waals surface area contributed by atoms with E-state index in [4.69, 9.17) is 9.83 Å². The summed E-state index contributed by atoms with van der Waals surface area (Å²) in [5.74, 6) is 0.474. The van der Waals surface area contributed by atoms with Crippen LogP contribution in [-0.2, 0) is 4.79 Å². The van der Waals surface area contributed by atoms with Crippen molar-refractivity contribution in [2.24, 2.45) is 0 Å². The number of hydrogen-bond acceptors (Lipinski definition) is 5. The minimum Gasteiger partial charge on any atom is -0.463 e. The summed E-state index contributed by atoms with van der Waals surface area (Å²) in [6, 6.07) is 3.55. The molecule has 0 spiro atoms. The van der Waals surface area contributed by atoms with Crippen LogP contribution in [0.1, 0.15) is 18.6 Å². The van der Waals surface area contributed by atoms with E-state index in [0.717, 1.165) is 5.57 Å². The minimum atomic E-state index is -0.101. The van der Waals surface area contributed by atoms with Gasteiger partial charge in [-0.25, -0.2) is 0 Å². The van der Waals surface area contributed by atoms with Gasteiger partial charge in [-0.15, -0.1) is 0 Å². The maximum atomic E-state index is 12.6. The first-order valence-electron chi connectivity index (χ1n) is 6.50. The van der Waals surface area contributed by atoms with Crippen molar-refractivity contribution in [2.75, 3.05) is 21.1 Å². The summed E-state index contributed by atoms with van der Waals surface area (Å²) >= 11 is 0. The van der Waals surface area contributed by atoms with Crippen molar-refractivity contribution >= 4 is 17.2 Å². The van der Waals surface area contributed by atoms with Gasteiger partial charge in [-0.1, -0.05) is 0 Å². The summed E-state index contributed by atoms with van der Waals surface area (Å²) in [5.41, 5.74) is 2.06.